The number of rotatable bonds is 2. The minimum atomic E-state index is -0.168. The van der Waals surface area contributed by atoms with Gasteiger partial charge in [-0.25, -0.2) is 9.99 Å². The van der Waals surface area contributed by atoms with Crippen LogP contribution in [0.3, 0.4) is 0 Å². The van der Waals surface area contributed by atoms with Crippen LogP contribution < -0.4 is 11.2 Å². The summed E-state index contributed by atoms with van der Waals surface area (Å²) in [5, 5.41) is 4.14. The number of amides is 1. The van der Waals surface area contributed by atoms with Crippen LogP contribution in [0.1, 0.15) is 43.6 Å². The van der Waals surface area contributed by atoms with Crippen molar-refractivity contribution in [3.63, 3.8) is 0 Å². The number of carbonyl (C=O) groups is 1. The molecule has 5 nitrogen and oxygen atoms in total. The lowest BCUT2D eigenvalue weighted by molar-refractivity contribution is 0.0367. The van der Waals surface area contributed by atoms with Crippen molar-refractivity contribution >= 4 is 22.4 Å². The van der Waals surface area contributed by atoms with Gasteiger partial charge in [0.05, 0.1) is 0 Å². The molecule has 2 unspecified atom stereocenters. The van der Waals surface area contributed by atoms with Crippen molar-refractivity contribution in [3.05, 3.63) is 11.1 Å². The lowest BCUT2D eigenvalue weighted by atomic mass is 10.00. The van der Waals surface area contributed by atoms with Gasteiger partial charge < -0.3 is 5.73 Å². The molecule has 0 aromatic carbocycles. The molecule has 6 heteroatoms. The maximum absolute atomic E-state index is 12.0. The standard InChI is InChI=1S/C11H18N4OS/c1-7-4-3-5-8(2)15(7)14-10(16)9-6-17-11(12)13-9/h6-8H,3-5H2,1-2H3,(H2,12,13)(H,14,16). The summed E-state index contributed by atoms with van der Waals surface area (Å²) >= 11 is 1.28. The van der Waals surface area contributed by atoms with Crippen LogP contribution in [-0.2, 0) is 0 Å². The van der Waals surface area contributed by atoms with E-state index in [0.29, 0.717) is 22.9 Å². The number of nitrogens with zero attached hydrogens (tertiary/aromatic N) is 2. The minimum absolute atomic E-state index is 0.168. The summed E-state index contributed by atoms with van der Waals surface area (Å²) in [5.41, 5.74) is 8.85. The van der Waals surface area contributed by atoms with Crippen LogP contribution in [0.4, 0.5) is 5.13 Å². The zero-order valence-electron chi connectivity index (χ0n) is 10.1. The Kier molecular flexibility index (Phi) is 3.63. The Hall–Kier alpha value is -1.14. The number of piperidine rings is 1. The molecule has 94 valence electrons. The molecule has 0 radical (unpaired) electrons. The molecule has 1 amide bonds. The Morgan fingerprint density at radius 1 is 1.53 bits per heavy atom. The summed E-state index contributed by atoms with van der Waals surface area (Å²) in [6, 6.07) is 0.748. The number of nitrogen functional groups attached to an aromatic ring is 1. The number of carbonyl (C=O) groups excluding carboxylic acids is 1. The predicted molar refractivity (Wildman–Crippen MR) is 68.6 cm³/mol. The van der Waals surface area contributed by atoms with Crippen molar-refractivity contribution in [1.29, 1.82) is 0 Å². The molecule has 1 aromatic heterocycles. The number of hydrogen-bond acceptors (Lipinski definition) is 5. The zero-order chi connectivity index (χ0) is 12.4. The number of hydrazine groups is 1. The maximum Gasteiger partial charge on any atom is 0.285 e. The fraction of sp³-hybridized carbons (Fsp3) is 0.636. The molecule has 1 fully saturated rings. The van der Waals surface area contributed by atoms with Crippen LogP contribution in [0.25, 0.3) is 0 Å². The highest BCUT2D eigenvalue weighted by Crippen LogP contribution is 2.20. The van der Waals surface area contributed by atoms with Crippen molar-refractivity contribution in [3.8, 4) is 0 Å². The molecule has 0 aliphatic carbocycles. The Balaban J connectivity index is 2.02. The zero-order valence-corrected chi connectivity index (χ0v) is 11.0. The third-order valence-electron chi connectivity index (χ3n) is 3.18. The molecular formula is C11H18N4OS. The van der Waals surface area contributed by atoms with Crippen molar-refractivity contribution in [2.24, 2.45) is 0 Å². The first kappa shape index (κ1) is 12.3. The van der Waals surface area contributed by atoms with Crippen LogP contribution in [0.2, 0.25) is 0 Å². The molecular weight excluding hydrogens is 236 g/mol. The highest BCUT2D eigenvalue weighted by atomic mass is 32.1. The molecule has 1 aliphatic heterocycles. The number of nitrogens with two attached hydrogens (primary N) is 1. The second kappa shape index (κ2) is 5.01. The Labute approximate surface area is 105 Å². The van der Waals surface area contributed by atoms with Crippen LogP contribution in [0, 0.1) is 0 Å². The highest BCUT2D eigenvalue weighted by molar-refractivity contribution is 7.13. The summed E-state index contributed by atoms with van der Waals surface area (Å²) in [6.45, 7) is 4.26. The molecule has 0 saturated carbocycles. The molecule has 2 heterocycles. The second-order valence-electron chi connectivity index (χ2n) is 4.55. The molecule has 1 aliphatic rings. The van der Waals surface area contributed by atoms with Crippen LogP contribution >= 0.6 is 11.3 Å². The second-order valence-corrected chi connectivity index (χ2v) is 5.44. The number of anilines is 1. The number of hydrogen-bond donors (Lipinski definition) is 2. The lowest BCUT2D eigenvalue weighted by Gasteiger charge is -2.38. The summed E-state index contributed by atoms with van der Waals surface area (Å²) < 4.78 is 0. The normalized spacial score (nSPS) is 25.8. The molecule has 3 N–H and O–H groups in total. The van der Waals surface area contributed by atoms with E-state index in [4.69, 9.17) is 5.73 Å². The third-order valence-corrected chi connectivity index (χ3v) is 3.85. The van der Waals surface area contributed by atoms with Crippen molar-refractivity contribution in [1.82, 2.24) is 15.4 Å². The summed E-state index contributed by atoms with van der Waals surface area (Å²) in [7, 11) is 0. The van der Waals surface area contributed by atoms with E-state index in [1.807, 2.05) is 5.01 Å². The number of thiazole rings is 1. The highest BCUT2D eigenvalue weighted by Gasteiger charge is 2.26. The van der Waals surface area contributed by atoms with Gasteiger partial charge in [-0.15, -0.1) is 11.3 Å². The van der Waals surface area contributed by atoms with Crippen LogP contribution in [0.15, 0.2) is 5.38 Å². The SMILES string of the molecule is CC1CCCC(C)N1NC(=O)c1csc(N)n1. The van der Waals surface area contributed by atoms with Gasteiger partial charge in [0.25, 0.3) is 5.91 Å². The topological polar surface area (TPSA) is 71.2 Å². The van der Waals surface area contributed by atoms with E-state index in [0.717, 1.165) is 12.8 Å². The number of aromatic nitrogens is 1. The lowest BCUT2D eigenvalue weighted by Crippen LogP contribution is -2.54. The maximum atomic E-state index is 12.0. The van der Waals surface area contributed by atoms with Gasteiger partial charge >= 0.3 is 0 Å². The smallest absolute Gasteiger partial charge is 0.285 e. The van der Waals surface area contributed by atoms with E-state index in [9.17, 15) is 4.79 Å². The first-order chi connectivity index (χ1) is 8.08. The molecule has 2 atom stereocenters. The van der Waals surface area contributed by atoms with Crippen molar-refractivity contribution in [2.75, 3.05) is 5.73 Å². The summed E-state index contributed by atoms with van der Waals surface area (Å²) in [5.74, 6) is -0.168. The van der Waals surface area contributed by atoms with Gasteiger partial charge in [0.1, 0.15) is 5.69 Å². The van der Waals surface area contributed by atoms with Gasteiger partial charge in [-0.05, 0) is 26.7 Å². The molecule has 17 heavy (non-hydrogen) atoms. The molecule has 0 bridgehead atoms. The van der Waals surface area contributed by atoms with Gasteiger partial charge in [-0.3, -0.25) is 10.2 Å². The van der Waals surface area contributed by atoms with Crippen LogP contribution in [-0.4, -0.2) is 28.0 Å². The Bertz CT molecular complexity index is 396. The fourth-order valence-electron chi connectivity index (χ4n) is 2.21. The molecule has 2 rings (SSSR count). The van der Waals surface area contributed by atoms with E-state index in [1.54, 1.807) is 5.38 Å². The quantitative estimate of drug-likeness (QED) is 0.841. The first-order valence-electron chi connectivity index (χ1n) is 5.88. The van der Waals surface area contributed by atoms with Gasteiger partial charge in [0, 0.05) is 17.5 Å². The largest absolute Gasteiger partial charge is 0.375 e. The van der Waals surface area contributed by atoms with E-state index in [1.165, 1.54) is 17.8 Å². The van der Waals surface area contributed by atoms with E-state index >= 15 is 0 Å². The van der Waals surface area contributed by atoms with Gasteiger partial charge in [-0.1, -0.05) is 6.42 Å². The minimum Gasteiger partial charge on any atom is -0.375 e. The van der Waals surface area contributed by atoms with Crippen molar-refractivity contribution in [2.45, 2.75) is 45.2 Å². The predicted octanol–water partition coefficient (Wildman–Crippen LogP) is 1.63. The monoisotopic (exact) mass is 254 g/mol. The van der Waals surface area contributed by atoms with Gasteiger partial charge in [0.15, 0.2) is 5.13 Å². The van der Waals surface area contributed by atoms with Crippen molar-refractivity contribution < 1.29 is 4.79 Å². The van der Waals surface area contributed by atoms with Gasteiger partial charge in [-0.2, -0.15) is 0 Å². The van der Waals surface area contributed by atoms with E-state index in [2.05, 4.69) is 24.3 Å². The average molecular weight is 254 g/mol. The fourth-order valence-corrected chi connectivity index (χ4v) is 2.75. The summed E-state index contributed by atoms with van der Waals surface area (Å²) in [4.78, 5) is 15.9. The van der Waals surface area contributed by atoms with Crippen LogP contribution in [0.5, 0.6) is 0 Å². The number of nitrogens with one attached hydrogen (secondary N) is 1. The average Bonchev–Trinajstić information content (AvgIpc) is 2.70. The third kappa shape index (κ3) is 2.76. The molecule has 1 saturated heterocycles. The Morgan fingerprint density at radius 3 is 2.71 bits per heavy atom. The summed E-state index contributed by atoms with van der Waals surface area (Å²) in [6.07, 6.45) is 3.45. The molecule has 0 spiro atoms. The Morgan fingerprint density at radius 2 is 2.18 bits per heavy atom. The molecule has 1 aromatic rings. The van der Waals surface area contributed by atoms with E-state index < -0.39 is 0 Å². The van der Waals surface area contributed by atoms with Gasteiger partial charge in [0.2, 0.25) is 0 Å². The first-order valence-corrected chi connectivity index (χ1v) is 6.76. The van der Waals surface area contributed by atoms with E-state index in [-0.39, 0.29) is 5.91 Å².